The summed E-state index contributed by atoms with van der Waals surface area (Å²) in [6.07, 6.45) is 3.98. The van der Waals surface area contributed by atoms with E-state index in [9.17, 15) is 13.4 Å². The molecule has 0 amide bonds. The van der Waals surface area contributed by atoms with Crippen LogP contribution in [0.2, 0.25) is 0 Å². The Balaban J connectivity index is 1.23. The largest absolute Gasteiger partial charge is 0.331 e. The van der Waals surface area contributed by atoms with Gasteiger partial charge in [-0.2, -0.15) is 0 Å². The van der Waals surface area contributed by atoms with Crippen LogP contribution >= 0.6 is 0 Å². The molecule has 6 aromatic rings. The zero-order valence-corrected chi connectivity index (χ0v) is 22.7. The van der Waals surface area contributed by atoms with Gasteiger partial charge in [-0.25, -0.2) is 24.0 Å². The minimum absolute atomic E-state index is 0.149. The van der Waals surface area contributed by atoms with Gasteiger partial charge in [-0.05, 0) is 55.3 Å². The van der Waals surface area contributed by atoms with Gasteiger partial charge in [0.2, 0.25) is 5.16 Å². The number of nitrogens with zero attached hydrogens (tertiary/aromatic N) is 8. The smallest absolute Gasteiger partial charge is 0.286 e. The summed E-state index contributed by atoms with van der Waals surface area (Å²) in [5.74, 6) is -0.540. The van der Waals surface area contributed by atoms with Gasteiger partial charge in [0, 0.05) is 36.8 Å². The van der Waals surface area contributed by atoms with Gasteiger partial charge in [0.25, 0.3) is 5.56 Å². The normalized spacial score (nSPS) is 12.4. The van der Waals surface area contributed by atoms with E-state index >= 15 is 0 Å². The van der Waals surface area contributed by atoms with E-state index in [1.807, 2.05) is 47.0 Å². The second-order valence-electron chi connectivity index (χ2n) is 9.55. The summed E-state index contributed by atoms with van der Waals surface area (Å²) in [6.45, 7) is 2.57. The predicted molar refractivity (Wildman–Crippen MR) is 150 cm³/mol. The third-order valence-electron chi connectivity index (χ3n) is 6.66. The molecule has 1 unspecified atom stereocenters. The number of hydrogen-bond acceptors (Lipinski definition) is 7. The molecule has 40 heavy (non-hydrogen) atoms. The molecule has 0 saturated carbocycles. The van der Waals surface area contributed by atoms with Crippen molar-refractivity contribution in [1.29, 1.82) is 0 Å². The van der Waals surface area contributed by atoms with Gasteiger partial charge < -0.3 is 9.13 Å². The van der Waals surface area contributed by atoms with E-state index in [0.717, 1.165) is 33.7 Å². The Morgan fingerprint density at radius 3 is 2.70 bits per heavy atom. The molecule has 4 heterocycles. The number of aromatic nitrogens is 8. The number of imidazole rings is 1. The predicted octanol–water partition coefficient (Wildman–Crippen LogP) is 3.63. The molecule has 0 radical (unpaired) electrons. The number of hydrogen-bond donors (Lipinski definition) is 0. The summed E-state index contributed by atoms with van der Waals surface area (Å²) in [6, 6.07) is 16.2. The fourth-order valence-electron chi connectivity index (χ4n) is 4.66. The zero-order valence-electron chi connectivity index (χ0n) is 21.9. The molecule has 0 aliphatic rings. The molecule has 10 nitrogen and oxygen atoms in total. The molecule has 4 aromatic heterocycles. The average molecular weight is 557 g/mol. The standard InChI is InChI=1S/C28H25FN8O2S/c1-18-12-24(32-28(31-18)40(39)11-5-10-36-17-30-22-6-3-4-7-25(22)36)20-14-21(29)27(38)37(16-20)15-19-8-9-23-26(13-19)35(2)34-33-23/h3-4,6-9,12-14,16-17H,5,10-11,15H2,1-2H3. The number of benzene rings is 2. The molecule has 0 saturated heterocycles. The van der Waals surface area contributed by atoms with Crippen molar-refractivity contribution in [1.82, 2.24) is 39.1 Å². The topological polar surface area (TPSA) is 113 Å². The average Bonchev–Trinajstić information content (AvgIpc) is 3.54. The van der Waals surface area contributed by atoms with Crippen LogP contribution in [-0.2, 0) is 30.9 Å². The summed E-state index contributed by atoms with van der Waals surface area (Å²) in [7, 11) is 0.318. The van der Waals surface area contributed by atoms with Crippen molar-refractivity contribution in [2.75, 3.05) is 5.75 Å². The van der Waals surface area contributed by atoms with Crippen molar-refractivity contribution < 1.29 is 8.60 Å². The third kappa shape index (κ3) is 5.05. The number of rotatable bonds is 8. The lowest BCUT2D eigenvalue weighted by molar-refractivity contribution is 0.581. The molecule has 0 bridgehead atoms. The van der Waals surface area contributed by atoms with Crippen LogP contribution in [0.5, 0.6) is 0 Å². The molecule has 202 valence electrons. The highest BCUT2D eigenvalue weighted by Crippen LogP contribution is 2.21. The molecule has 6 rings (SSSR count). The molecule has 0 aliphatic carbocycles. The Kier molecular flexibility index (Phi) is 6.76. The molecule has 2 aromatic carbocycles. The Hall–Kier alpha value is -4.58. The number of fused-ring (bicyclic) bond motifs is 2. The van der Waals surface area contributed by atoms with Gasteiger partial charge >= 0.3 is 0 Å². The van der Waals surface area contributed by atoms with Crippen molar-refractivity contribution in [3.63, 3.8) is 0 Å². The van der Waals surface area contributed by atoms with Crippen LogP contribution in [0.25, 0.3) is 33.3 Å². The number of halogens is 1. The van der Waals surface area contributed by atoms with Crippen molar-refractivity contribution in [2.45, 2.75) is 31.6 Å². The minimum atomic E-state index is -1.46. The Morgan fingerprint density at radius 2 is 1.82 bits per heavy atom. The number of aryl methyl sites for hydroxylation is 3. The minimum Gasteiger partial charge on any atom is -0.331 e. The number of para-hydroxylation sites is 2. The first-order valence-electron chi connectivity index (χ1n) is 12.7. The van der Waals surface area contributed by atoms with Crippen molar-refractivity contribution in [3.8, 4) is 11.3 Å². The van der Waals surface area contributed by atoms with Crippen molar-refractivity contribution in [3.05, 3.63) is 94.5 Å². The van der Waals surface area contributed by atoms with E-state index in [-0.39, 0.29) is 11.7 Å². The maximum Gasteiger partial charge on any atom is 0.286 e. The molecule has 0 aliphatic heterocycles. The van der Waals surface area contributed by atoms with Crippen LogP contribution in [0.1, 0.15) is 17.7 Å². The number of pyridine rings is 1. The van der Waals surface area contributed by atoms with Gasteiger partial charge in [-0.3, -0.25) is 9.00 Å². The lowest BCUT2D eigenvalue weighted by Gasteiger charge is -2.11. The summed E-state index contributed by atoms with van der Waals surface area (Å²) < 4.78 is 32.9. The van der Waals surface area contributed by atoms with Gasteiger partial charge in [0.1, 0.15) is 5.52 Å². The summed E-state index contributed by atoms with van der Waals surface area (Å²) in [4.78, 5) is 25.9. The highest BCUT2D eigenvalue weighted by atomic mass is 32.2. The van der Waals surface area contributed by atoms with Gasteiger partial charge in [-0.15, -0.1) is 5.10 Å². The van der Waals surface area contributed by atoms with Crippen LogP contribution in [-0.4, -0.2) is 49.0 Å². The first-order valence-corrected chi connectivity index (χ1v) is 14.0. The SMILES string of the molecule is Cc1cc(-c2cc(F)c(=O)n(Cc3ccc4nnn(C)c4c3)c2)nc(S(=O)CCCn2cnc3ccccc32)n1. The van der Waals surface area contributed by atoms with Gasteiger partial charge in [0.05, 0.1) is 45.9 Å². The van der Waals surface area contributed by atoms with Crippen molar-refractivity contribution in [2.24, 2.45) is 7.05 Å². The van der Waals surface area contributed by atoms with E-state index in [1.165, 1.54) is 4.57 Å². The zero-order chi connectivity index (χ0) is 27.8. The lowest BCUT2D eigenvalue weighted by Crippen LogP contribution is -2.23. The van der Waals surface area contributed by atoms with Crippen LogP contribution in [0.4, 0.5) is 4.39 Å². The fraction of sp³-hybridized carbons (Fsp3) is 0.214. The van der Waals surface area contributed by atoms with E-state index < -0.39 is 22.2 Å². The van der Waals surface area contributed by atoms with Crippen LogP contribution in [0, 0.1) is 12.7 Å². The molecule has 0 N–H and O–H groups in total. The highest BCUT2D eigenvalue weighted by Gasteiger charge is 2.15. The summed E-state index contributed by atoms with van der Waals surface area (Å²) in [5.41, 5.74) is 4.92. The second-order valence-corrected chi connectivity index (χ2v) is 11.0. The summed E-state index contributed by atoms with van der Waals surface area (Å²) >= 11 is 0. The van der Waals surface area contributed by atoms with E-state index in [1.54, 1.807) is 37.2 Å². The molecule has 0 fully saturated rings. The van der Waals surface area contributed by atoms with Crippen molar-refractivity contribution >= 4 is 32.9 Å². The van der Waals surface area contributed by atoms with E-state index in [4.69, 9.17) is 0 Å². The van der Waals surface area contributed by atoms with Crippen LogP contribution in [0.3, 0.4) is 0 Å². The highest BCUT2D eigenvalue weighted by molar-refractivity contribution is 7.84. The Bertz CT molecular complexity index is 1960. The Morgan fingerprint density at radius 1 is 0.975 bits per heavy atom. The molecular formula is C28H25FN8O2S. The summed E-state index contributed by atoms with van der Waals surface area (Å²) in [5, 5.41) is 8.24. The lowest BCUT2D eigenvalue weighted by atomic mass is 10.1. The maximum atomic E-state index is 14.8. The first kappa shape index (κ1) is 25.7. The van der Waals surface area contributed by atoms with Gasteiger partial charge in [-0.1, -0.05) is 23.4 Å². The molecule has 12 heteroatoms. The fourth-order valence-corrected chi connectivity index (χ4v) is 5.68. The Labute approximate surface area is 230 Å². The maximum absolute atomic E-state index is 14.8. The van der Waals surface area contributed by atoms with Crippen LogP contribution < -0.4 is 5.56 Å². The monoisotopic (exact) mass is 556 g/mol. The van der Waals surface area contributed by atoms with Crippen LogP contribution in [0.15, 0.2) is 77.1 Å². The third-order valence-corrected chi connectivity index (χ3v) is 7.91. The molecular weight excluding hydrogens is 531 g/mol. The molecule has 1 atom stereocenters. The van der Waals surface area contributed by atoms with E-state index in [2.05, 4.69) is 25.3 Å². The molecule has 0 spiro atoms. The van der Waals surface area contributed by atoms with E-state index in [0.29, 0.717) is 35.7 Å². The van der Waals surface area contributed by atoms with Gasteiger partial charge in [0.15, 0.2) is 5.82 Å². The quantitative estimate of drug-likeness (QED) is 0.263. The second kappa shape index (κ2) is 10.5. The first-order chi connectivity index (χ1) is 19.4.